The van der Waals surface area contributed by atoms with Gasteiger partial charge in [0.2, 0.25) is 11.8 Å². The molecule has 0 atom stereocenters. The Morgan fingerprint density at radius 3 is 2.54 bits per heavy atom. The molecule has 28 heavy (non-hydrogen) atoms. The quantitative estimate of drug-likeness (QED) is 0.595. The summed E-state index contributed by atoms with van der Waals surface area (Å²) in [4.78, 5) is 24.9. The summed E-state index contributed by atoms with van der Waals surface area (Å²) in [6.07, 6.45) is 1.66. The summed E-state index contributed by atoms with van der Waals surface area (Å²) >= 11 is 0. The lowest BCUT2D eigenvalue weighted by atomic mass is 10.0. The van der Waals surface area contributed by atoms with E-state index in [1.54, 1.807) is 13.3 Å². The van der Waals surface area contributed by atoms with Crippen molar-refractivity contribution in [1.82, 2.24) is 20.1 Å². The average molecular weight is 384 g/mol. The number of carbonyl (C=O) groups excluding carboxylic acids is 1. The van der Waals surface area contributed by atoms with E-state index in [0.717, 1.165) is 43.4 Å². The number of nitrogens with zero attached hydrogens (tertiary/aromatic N) is 4. The second-order valence-electron chi connectivity index (χ2n) is 7.31. The number of hydrogen-bond acceptors (Lipinski definition) is 5. The molecule has 2 aromatic rings. The smallest absolute Gasteiger partial charge is 0.237 e. The SMILES string of the molecule is CN=C(NCc1coc(-c2ccccc2)n1)N1CCN(C(C)(C)C(N)=O)CC1. The molecule has 1 amide bonds. The van der Waals surface area contributed by atoms with Gasteiger partial charge in [-0.05, 0) is 26.0 Å². The molecular formula is C20H28N6O2. The fourth-order valence-electron chi connectivity index (χ4n) is 3.24. The van der Waals surface area contributed by atoms with Gasteiger partial charge in [0.15, 0.2) is 5.96 Å². The predicted molar refractivity (Wildman–Crippen MR) is 109 cm³/mol. The van der Waals surface area contributed by atoms with Crippen LogP contribution in [0.1, 0.15) is 19.5 Å². The number of carbonyl (C=O) groups is 1. The highest BCUT2D eigenvalue weighted by Crippen LogP contribution is 2.18. The highest BCUT2D eigenvalue weighted by molar-refractivity contribution is 5.84. The van der Waals surface area contributed by atoms with Crippen LogP contribution in [0, 0.1) is 0 Å². The average Bonchev–Trinajstić information content (AvgIpc) is 3.18. The van der Waals surface area contributed by atoms with E-state index in [1.165, 1.54) is 0 Å². The molecule has 0 aliphatic carbocycles. The Balaban J connectivity index is 1.55. The second kappa shape index (κ2) is 8.43. The summed E-state index contributed by atoms with van der Waals surface area (Å²) in [7, 11) is 1.76. The third-order valence-corrected chi connectivity index (χ3v) is 5.18. The number of piperazine rings is 1. The maximum absolute atomic E-state index is 11.7. The normalized spacial score (nSPS) is 16.2. The first-order valence-corrected chi connectivity index (χ1v) is 9.42. The summed E-state index contributed by atoms with van der Waals surface area (Å²) < 4.78 is 5.58. The monoisotopic (exact) mass is 384 g/mol. The number of amides is 1. The molecule has 3 N–H and O–H groups in total. The number of nitrogens with one attached hydrogen (secondary N) is 1. The maximum atomic E-state index is 11.7. The van der Waals surface area contributed by atoms with Gasteiger partial charge in [0.05, 0.1) is 17.8 Å². The van der Waals surface area contributed by atoms with Crippen molar-refractivity contribution in [2.45, 2.75) is 25.9 Å². The minimum atomic E-state index is -0.641. The van der Waals surface area contributed by atoms with Crippen LogP contribution in [0.5, 0.6) is 0 Å². The highest BCUT2D eigenvalue weighted by Gasteiger charge is 2.35. The zero-order chi connectivity index (χ0) is 20.1. The number of guanidine groups is 1. The standard InChI is InChI=1S/C20H28N6O2/c1-20(2,18(21)27)26-11-9-25(10-12-26)19(22-3)23-13-16-14-28-17(24-16)15-7-5-4-6-8-15/h4-8,14H,9-13H2,1-3H3,(H2,21,27)(H,22,23). The largest absolute Gasteiger partial charge is 0.444 e. The van der Waals surface area contributed by atoms with Crippen LogP contribution in [0.25, 0.3) is 11.5 Å². The molecule has 0 spiro atoms. The van der Waals surface area contributed by atoms with E-state index in [2.05, 4.69) is 25.1 Å². The minimum Gasteiger partial charge on any atom is -0.444 e. The molecule has 1 fully saturated rings. The first kappa shape index (κ1) is 19.9. The zero-order valence-electron chi connectivity index (χ0n) is 16.7. The summed E-state index contributed by atoms with van der Waals surface area (Å²) in [6, 6.07) is 9.81. The van der Waals surface area contributed by atoms with Crippen molar-refractivity contribution in [3.63, 3.8) is 0 Å². The van der Waals surface area contributed by atoms with Crippen molar-refractivity contribution in [1.29, 1.82) is 0 Å². The lowest BCUT2D eigenvalue weighted by Crippen LogP contribution is -2.61. The van der Waals surface area contributed by atoms with Crippen LogP contribution in [0.4, 0.5) is 0 Å². The van der Waals surface area contributed by atoms with Crippen molar-refractivity contribution < 1.29 is 9.21 Å². The van der Waals surface area contributed by atoms with E-state index in [0.29, 0.717) is 12.4 Å². The number of rotatable bonds is 5. The number of aliphatic imine (C=N–C) groups is 1. The van der Waals surface area contributed by atoms with Gasteiger partial charge >= 0.3 is 0 Å². The number of primary amides is 1. The molecule has 8 nitrogen and oxygen atoms in total. The summed E-state index contributed by atoms with van der Waals surface area (Å²) in [6.45, 7) is 7.29. The molecule has 1 aromatic carbocycles. The maximum Gasteiger partial charge on any atom is 0.237 e. The van der Waals surface area contributed by atoms with Crippen LogP contribution in [-0.2, 0) is 11.3 Å². The van der Waals surface area contributed by atoms with Gasteiger partial charge in [-0.25, -0.2) is 4.98 Å². The molecule has 150 valence electrons. The van der Waals surface area contributed by atoms with Gasteiger partial charge in [0.1, 0.15) is 6.26 Å². The number of aromatic nitrogens is 1. The van der Waals surface area contributed by atoms with Crippen molar-refractivity contribution in [2.24, 2.45) is 10.7 Å². The van der Waals surface area contributed by atoms with Gasteiger partial charge < -0.3 is 20.4 Å². The molecule has 8 heteroatoms. The Morgan fingerprint density at radius 2 is 1.93 bits per heavy atom. The van der Waals surface area contributed by atoms with Gasteiger partial charge in [-0.1, -0.05) is 18.2 Å². The Bertz CT molecular complexity index is 822. The third kappa shape index (κ3) is 4.33. The van der Waals surface area contributed by atoms with Crippen LogP contribution < -0.4 is 11.1 Å². The number of oxazole rings is 1. The van der Waals surface area contributed by atoms with Crippen molar-refractivity contribution in [3.05, 3.63) is 42.3 Å². The van der Waals surface area contributed by atoms with Crippen molar-refractivity contribution >= 4 is 11.9 Å². The van der Waals surface area contributed by atoms with Crippen LogP contribution >= 0.6 is 0 Å². The number of benzene rings is 1. The predicted octanol–water partition coefficient (Wildman–Crippen LogP) is 1.30. The summed E-state index contributed by atoms with van der Waals surface area (Å²) in [5.74, 6) is 1.11. The third-order valence-electron chi connectivity index (χ3n) is 5.18. The molecule has 0 saturated carbocycles. The fraction of sp³-hybridized carbons (Fsp3) is 0.450. The zero-order valence-corrected chi connectivity index (χ0v) is 16.7. The van der Waals surface area contributed by atoms with Crippen LogP contribution in [-0.4, -0.2) is 65.4 Å². The van der Waals surface area contributed by atoms with Gasteiger partial charge in [0.25, 0.3) is 0 Å². The molecule has 3 rings (SSSR count). The molecule has 1 saturated heterocycles. The minimum absolute atomic E-state index is 0.302. The molecule has 0 radical (unpaired) electrons. The molecule has 0 unspecified atom stereocenters. The van der Waals surface area contributed by atoms with E-state index in [9.17, 15) is 4.79 Å². The highest BCUT2D eigenvalue weighted by atomic mass is 16.3. The Kier molecular flexibility index (Phi) is 5.99. The van der Waals surface area contributed by atoms with Gasteiger partial charge in [0, 0.05) is 38.8 Å². The molecule has 1 aliphatic rings. The Labute approximate surface area is 165 Å². The Morgan fingerprint density at radius 1 is 1.25 bits per heavy atom. The molecule has 0 bridgehead atoms. The van der Waals surface area contributed by atoms with Crippen LogP contribution in [0.3, 0.4) is 0 Å². The molecule has 2 heterocycles. The van der Waals surface area contributed by atoms with E-state index >= 15 is 0 Å². The molecule has 1 aliphatic heterocycles. The van der Waals surface area contributed by atoms with Crippen LogP contribution in [0.2, 0.25) is 0 Å². The van der Waals surface area contributed by atoms with Crippen LogP contribution in [0.15, 0.2) is 46.0 Å². The second-order valence-corrected chi connectivity index (χ2v) is 7.31. The van der Waals surface area contributed by atoms with E-state index < -0.39 is 5.54 Å². The first-order valence-electron chi connectivity index (χ1n) is 9.42. The topological polar surface area (TPSA) is 100.0 Å². The van der Waals surface area contributed by atoms with E-state index in [-0.39, 0.29) is 5.91 Å². The Hall–Kier alpha value is -2.87. The molecular weight excluding hydrogens is 356 g/mol. The fourth-order valence-corrected chi connectivity index (χ4v) is 3.24. The number of hydrogen-bond donors (Lipinski definition) is 2. The van der Waals surface area contributed by atoms with Crippen molar-refractivity contribution in [3.8, 4) is 11.5 Å². The van der Waals surface area contributed by atoms with Gasteiger partial charge in [-0.15, -0.1) is 0 Å². The first-order chi connectivity index (χ1) is 13.4. The van der Waals surface area contributed by atoms with Gasteiger partial charge in [-0.3, -0.25) is 14.7 Å². The van der Waals surface area contributed by atoms with E-state index in [4.69, 9.17) is 10.2 Å². The summed E-state index contributed by atoms with van der Waals surface area (Å²) in [5, 5.41) is 3.34. The lowest BCUT2D eigenvalue weighted by Gasteiger charge is -2.43. The van der Waals surface area contributed by atoms with Crippen molar-refractivity contribution in [2.75, 3.05) is 33.2 Å². The molecule has 1 aromatic heterocycles. The van der Waals surface area contributed by atoms with E-state index in [1.807, 2.05) is 44.2 Å². The summed E-state index contributed by atoms with van der Waals surface area (Å²) in [5.41, 5.74) is 6.65. The van der Waals surface area contributed by atoms with Gasteiger partial charge in [-0.2, -0.15) is 0 Å². The number of nitrogens with two attached hydrogens (primary N) is 1. The lowest BCUT2D eigenvalue weighted by molar-refractivity contribution is -0.129.